The van der Waals surface area contributed by atoms with E-state index in [0.29, 0.717) is 25.4 Å². The second-order valence-corrected chi connectivity index (χ2v) is 10.5. The van der Waals surface area contributed by atoms with E-state index in [1.165, 1.54) is 19.3 Å². The topological polar surface area (TPSA) is 76.5 Å². The van der Waals surface area contributed by atoms with Crippen molar-refractivity contribution >= 4 is 11.8 Å². The van der Waals surface area contributed by atoms with Gasteiger partial charge < -0.3 is 15.0 Å². The van der Waals surface area contributed by atoms with Gasteiger partial charge in [0.15, 0.2) is 0 Å². The lowest BCUT2D eigenvalue weighted by Crippen LogP contribution is -2.64. The van der Waals surface area contributed by atoms with Crippen LogP contribution >= 0.6 is 0 Å². The number of aromatic nitrogens is 2. The predicted octanol–water partition coefficient (Wildman–Crippen LogP) is 5.05. The van der Waals surface area contributed by atoms with E-state index in [1.807, 2.05) is 44.2 Å². The summed E-state index contributed by atoms with van der Waals surface area (Å²) in [6, 6.07) is 9.78. The number of benzene rings is 1. The van der Waals surface area contributed by atoms with Crippen molar-refractivity contribution in [1.82, 2.24) is 20.0 Å². The first kappa shape index (κ1) is 25.3. The molecule has 2 heterocycles. The third kappa shape index (κ3) is 5.39. The van der Waals surface area contributed by atoms with Gasteiger partial charge in [0.2, 0.25) is 5.91 Å². The molecule has 2 aliphatic rings. The standard InChI is InChI=1S/C28H40N4O3/c1-5-35-25-16-12-11-13-21(25)18-31-26(33)24-17-23(20(2)3)30-32(24)19-28(31,4)27(34)29-22-14-9-7-6-8-10-15-22/h11-13,16-17,20,22H,5-10,14-15,18-19H2,1-4H3,(H,29,34)/t28-/m1/s1. The number of para-hydroxylation sites is 1. The van der Waals surface area contributed by atoms with Crippen LogP contribution in [0.5, 0.6) is 5.75 Å². The molecule has 190 valence electrons. The molecule has 7 heteroatoms. The first-order valence-electron chi connectivity index (χ1n) is 13.2. The zero-order chi connectivity index (χ0) is 25.0. The minimum Gasteiger partial charge on any atom is -0.494 e. The van der Waals surface area contributed by atoms with Gasteiger partial charge in [0.1, 0.15) is 17.0 Å². The second-order valence-electron chi connectivity index (χ2n) is 10.5. The summed E-state index contributed by atoms with van der Waals surface area (Å²) in [6.07, 6.45) is 7.97. The molecule has 35 heavy (non-hydrogen) atoms. The van der Waals surface area contributed by atoms with Gasteiger partial charge in [-0.25, -0.2) is 0 Å². The van der Waals surface area contributed by atoms with Crippen molar-refractivity contribution in [2.75, 3.05) is 6.61 Å². The van der Waals surface area contributed by atoms with Crippen LogP contribution in [0.1, 0.15) is 100 Å². The molecule has 2 amide bonds. The summed E-state index contributed by atoms with van der Waals surface area (Å²) in [6.45, 7) is 9.12. The number of carbonyl (C=O) groups excluding carboxylic acids is 2. The van der Waals surface area contributed by atoms with E-state index in [1.54, 1.807) is 9.58 Å². The van der Waals surface area contributed by atoms with Gasteiger partial charge in [-0.1, -0.05) is 64.2 Å². The number of rotatable bonds is 7. The van der Waals surface area contributed by atoms with E-state index < -0.39 is 5.54 Å². The van der Waals surface area contributed by atoms with Crippen LogP contribution < -0.4 is 10.1 Å². The molecule has 1 aliphatic carbocycles. The summed E-state index contributed by atoms with van der Waals surface area (Å²) in [7, 11) is 0. The summed E-state index contributed by atoms with van der Waals surface area (Å²) >= 11 is 0. The number of carbonyl (C=O) groups is 2. The molecule has 0 saturated heterocycles. The van der Waals surface area contributed by atoms with Crippen LogP contribution in [0, 0.1) is 0 Å². The van der Waals surface area contributed by atoms with Crippen molar-refractivity contribution in [2.24, 2.45) is 0 Å². The third-order valence-electron chi connectivity index (χ3n) is 7.44. The predicted molar refractivity (Wildman–Crippen MR) is 136 cm³/mol. The minimum atomic E-state index is -1.06. The first-order chi connectivity index (χ1) is 16.8. The summed E-state index contributed by atoms with van der Waals surface area (Å²) in [5.74, 6) is 0.672. The molecular weight excluding hydrogens is 440 g/mol. The quantitative estimate of drug-likeness (QED) is 0.602. The fraction of sp³-hybridized carbons (Fsp3) is 0.607. The van der Waals surface area contributed by atoms with Gasteiger partial charge in [-0.05, 0) is 44.7 Å². The van der Waals surface area contributed by atoms with Gasteiger partial charge in [0.25, 0.3) is 5.91 Å². The molecule has 2 aromatic rings. The number of nitrogens with zero attached hydrogens (tertiary/aromatic N) is 3. The van der Waals surface area contributed by atoms with E-state index in [9.17, 15) is 9.59 Å². The molecule has 4 rings (SSSR count). The maximum absolute atomic E-state index is 13.9. The minimum absolute atomic E-state index is 0.0995. The maximum atomic E-state index is 13.9. The van der Waals surface area contributed by atoms with Gasteiger partial charge in [-0.15, -0.1) is 0 Å². The molecule has 1 atom stereocenters. The normalized spacial score (nSPS) is 21.4. The lowest BCUT2D eigenvalue weighted by molar-refractivity contribution is -0.134. The Kier molecular flexibility index (Phi) is 7.82. The number of amides is 2. The molecular formula is C28H40N4O3. The van der Waals surface area contributed by atoms with Crippen LogP contribution in [0.2, 0.25) is 0 Å². The molecule has 1 aromatic heterocycles. The van der Waals surface area contributed by atoms with Crippen LogP contribution in [0.25, 0.3) is 0 Å². The number of hydrogen-bond acceptors (Lipinski definition) is 4. The van der Waals surface area contributed by atoms with E-state index in [4.69, 9.17) is 9.84 Å². The average molecular weight is 481 g/mol. The van der Waals surface area contributed by atoms with Crippen LogP contribution in [-0.4, -0.2) is 44.7 Å². The van der Waals surface area contributed by atoms with Gasteiger partial charge >= 0.3 is 0 Å². The Hall–Kier alpha value is -2.83. The molecule has 1 aromatic carbocycles. The Morgan fingerprint density at radius 3 is 2.54 bits per heavy atom. The molecule has 0 radical (unpaired) electrons. The molecule has 1 aliphatic heterocycles. The van der Waals surface area contributed by atoms with Crippen molar-refractivity contribution in [3.8, 4) is 5.75 Å². The Labute approximate surface area is 209 Å². The van der Waals surface area contributed by atoms with Crippen molar-refractivity contribution in [1.29, 1.82) is 0 Å². The molecule has 1 N–H and O–H groups in total. The number of ether oxygens (including phenoxy) is 1. The Balaban J connectivity index is 1.68. The highest BCUT2D eigenvalue weighted by molar-refractivity contribution is 5.99. The molecule has 0 spiro atoms. The van der Waals surface area contributed by atoms with Crippen molar-refractivity contribution in [3.05, 3.63) is 47.3 Å². The number of hydrogen-bond donors (Lipinski definition) is 1. The highest BCUT2D eigenvalue weighted by atomic mass is 16.5. The van der Waals surface area contributed by atoms with Gasteiger partial charge in [0.05, 0.1) is 25.4 Å². The lowest BCUT2D eigenvalue weighted by atomic mass is 9.91. The molecule has 0 bridgehead atoms. The fourth-order valence-corrected chi connectivity index (χ4v) is 5.23. The average Bonchev–Trinajstić information content (AvgIpc) is 3.24. The Bertz CT molecular complexity index is 1040. The summed E-state index contributed by atoms with van der Waals surface area (Å²) < 4.78 is 7.58. The number of fused-ring (bicyclic) bond motifs is 1. The zero-order valence-corrected chi connectivity index (χ0v) is 21.7. The Morgan fingerprint density at radius 2 is 1.86 bits per heavy atom. The van der Waals surface area contributed by atoms with E-state index in [0.717, 1.165) is 42.7 Å². The number of nitrogens with one attached hydrogen (secondary N) is 1. The second kappa shape index (κ2) is 10.8. The van der Waals surface area contributed by atoms with Crippen LogP contribution in [0.3, 0.4) is 0 Å². The summed E-state index contributed by atoms with van der Waals surface area (Å²) in [4.78, 5) is 29.5. The van der Waals surface area contributed by atoms with Crippen LogP contribution in [0.15, 0.2) is 30.3 Å². The van der Waals surface area contributed by atoms with Crippen molar-refractivity contribution < 1.29 is 14.3 Å². The highest BCUT2D eigenvalue weighted by Crippen LogP contribution is 2.33. The SMILES string of the molecule is CCOc1ccccc1CN1C(=O)c2cc(C(C)C)nn2C[C@]1(C)C(=O)NC1CCCCCCC1. The monoisotopic (exact) mass is 480 g/mol. The summed E-state index contributed by atoms with van der Waals surface area (Å²) in [5, 5.41) is 8.03. The first-order valence-corrected chi connectivity index (χ1v) is 13.2. The van der Waals surface area contributed by atoms with Gasteiger partial charge in [-0.2, -0.15) is 5.10 Å². The van der Waals surface area contributed by atoms with Gasteiger partial charge in [0, 0.05) is 11.6 Å². The van der Waals surface area contributed by atoms with Crippen LogP contribution in [0.4, 0.5) is 0 Å². The van der Waals surface area contributed by atoms with E-state index in [2.05, 4.69) is 19.2 Å². The fourth-order valence-electron chi connectivity index (χ4n) is 5.23. The smallest absolute Gasteiger partial charge is 0.273 e. The lowest BCUT2D eigenvalue weighted by Gasteiger charge is -2.44. The van der Waals surface area contributed by atoms with Gasteiger partial charge in [-0.3, -0.25) is 14.3 Å². The van der Waals surface area contributed by atoms with E-state index in [-0.39, 0.29) is 23.8 Å². The van der Waals surface area contributed by atoms with E-state index >= 15 is 0 Å². The van der Waals surface area contributed by atoms with Crippen LogP contribution in [-0.2, 0) is 17.9 Å². The molecule has 1 fully saturated rings. The van der Waals surface area contributed by atoms with Crippen molar-refractivity contribution in [3.63, 3.8) is 0 Å². The largest absolute Gasteiger partial charge is 0.494 e. The molecule has 1 saturated carbocycles. The zero-order valence-electron chi connectivity index (χ0n) is 21.7. The Morgan fingerprint density at radius 1 is 1.17 bits per heavy atom. The maximum Gasteiger partial charge on any atom is 0.273 e. The van der Waals surface area contributed by atoms with Crippen molar-refractivity contribution in [2.45, 2.75) is 103 Å². The highest BCUT2D eigenvalue weighted by Gasteiger charge is 2.48. The molecule has 0 unspecified atom stereocenters. The third-order valence-corrected chi connectivity index (χ3v) is 7.44. The molecule has 7 nitrogen and oxygen atoms in total. The summed E-state index contributed by atoms with van der Waals surface area (Å²) in [5.41, 5.74) is 1.24.